The Morgan fingerprint density at radius 1 is 1.25 bits per heavy atom. The van der Waals surface area contributed by atoms with Crippen molar-refractivity contribution < 1.29 is 4.79 Å². The van der Waals surface area contributed by atoms with E-state index in [2.05, 4.69) is 22.2 Å². The second-order valence-corrected chi connectivity index (χ2v) is 6.30. The molecule has 1 heterocycles. The number of nitrogens with one attached hydrogen (secondary N) is 1. The fourth-order valence-corrected chi connectivity index (χ4v) is 2.66. The quantitative estimate of drug-likeness (QED) is 0.812. The van der Waals surface area contributed by atoms with E-state index in [9.17, 15) is 4.79 Å². The van der Waals surface area contributed by atoms with Crippen molar-refractivity contribution in [3.05, 3.63) is 45.8 Å². The van der Waals surface area contributed by atoms with Gasteiger partial charge in [-0.25, -0.2) is 9.97 Å². The second-order valence-electron chi connectivity index (χ2n) is 5.48. The molecule has 0 radical (unpaired) electrons. The molecular weight excluding hydrogens is 347 g/mol. The number of unbranched alkanes of at least 4 members (excludes halogenated alkanes) is 1. The maximum absolute atomic E-state index is 12.5. The van der Waals surface area contributed by atoms with Gasteiger partial charge in [0.25, 0.3) is 5.91 Å². The van der Waals surface area contributed by atoms with Crippen LogP contribution >= 0.6 is 23.2 Å². The SMILES string of the molecule is CCCCN(C)c1cc(C(=O)Nc2c(Cl)cccc2Cl)nc(C)n1. The van der Waals surface area contributed by atoms with Gasteiger partial charge in [0, 0.05) is 19.7 Å². The molecule has 0 bridgehead atoms. The maximum atomic E-state index is 12.5. The zero-order valence-corrected chi connectivity index (χ0v) is 15.4. The van der Waals surface area contributed by atoms with Crippen molar-refractivity contribution in [3.63, 3.8) is 0 Å². The number of aromatic nitrogens is 2. The lowest BCUT2D eigenvalue weighted by Crippen LogP contribution is -2.22. The van der Waals surface area contributed by atoms with Gasteiger partial charge in [-0.1, -0.05) is 42.6 Å². The van der Waals surface area contributed by atoms with Gasteiger partial charge < -0.3 is 10.2 Å². The Balaban J connectivity index is 2.25. The number of hydrogen-bond acceptors (Lipinski definition) is 4. The first-order valence-corrected chi connectivity index (χ1v) is 8.50. The molecule has 0 saturated heterocycles. The number of carbonyl (C=O) groups excluding carboxylic acids is 1. The number of hydrogen-bond donors (Lipinski definition) is 1. The minimum absolute atomic E-state index is 0.275. The normalized spacial score (nSPS) is 10.5. The molecule has 24 heavy (non-hydrogen) atoms. The predicted octanol–water partition coefficient (Wildman–Crippen LogP) is 4.58. The van der Waals surface area contributed by atoms with Gasteiger partial charge in [0.1, 0.15) is 17.3 Å². The summed E-state index contributed by atoms with van der Waals surface area (Å²) in [6.45, 7) is 4.76. The number of benzene rings is 1. The van der Waals surface area contributed by atoms with Crippen LogP contribution in [0, 0.1) is 6.92 Å². The molecule has 2 aromatic rings. The summed E-state index contributed by atoms with van der Waals surface area (Å²) in [4.78, 5) is 23.1. The lowest BCUT2D eigenvalue weighted by molar-refractivity contribution is 0.102. The summed E-state index contributed by atoms with van der Waals surface area (Å²) in [5, 5.41) is 3.47. The van der Waals surface area contributed by atoms with Crippen LogP contribution in [0.4, 0.5) is 11.5 Å². The number of amides is 1. The van der Waals surface area contributed by atoms with Gasteiger partial charge in [0.05, 0.1) is 15.7 Å². The fraction of sp³-hybridized carbons (Fsp3) is 0.353. The third-order valence-electron chi connectivity index (χ3n) is 3.50. The summed E-state index contributed by atoms with van der Waals surface area (Å²) < 4.78 is 0. The Kier molecular flexibility index (Phi) is 6.40. The van der Waals surface area contributed by atoms with Crippen molar-refractivity contribution in [1.29, 1.82) is 0 Å². The Morgan fingerprint density at radius 3 is 2.54 bits per heavy atom. The number of halogens is 2. The van der Waals surface area contributed by atoms with Gasteiger partial charge in [-0.3, -0.25) is 4.79 Å². The van der Waals surface area contributed by atoms with Gasteiger partial charge in [0.2, 0.25) is 0 Å². The Labute approximate surface area is 152 Å². The molecule has 1 N–H and O–H groups in total. The first-order valence-electron chi connectivity index (χ1n) is 7.74. The van der Waals surface area contributed by atoms with E-state index in [1.54, 1.807) is 31.2 Å². The molecule has 0 atom stereocenters. The Bertz CT molecular complexity index is 716. The van der Waals surface area contributed by atoms with Crippen LogP contribution in [-0.2, 0) is 0 Å². The minimum Gasteiger partial charge on any atom is -0.360 e. The highest BCUT2D eigenvalue weighted by Crippen LogP contribution is 2.30. The molecular formula is C17H20Cl2N4O. The number of carbonyl (C=O) groups is 1. The van der Waals surface area contributed by atoms with Crippen molar-refractivity contribution in [2.75, 3.05) is 23.8 Å². The van der Waals surface area contributed by atoms with Crippen LogP contribution in [0.25, 0.3) is 0 Å². The molecule has 0 aliphatic rings. The molecule has 0 spiro atoms. The van der Waals surface area contributed by atoms with Crippen molar-refractivity contribution in [2.45, 2.75) is 26.7 Å². The summed E-state index contributed by atoms with van der Waals surface area (Å²) in [7, 11) is 1.95. The zero-order chi connectivity index (χ0) is 17.7. The van der Waals surface area contributed by atoms with E-state index >= 15 is 0 Å². The highest BCUT2D eigenvalue weighted by Gasteiger charge is 2.15. The van der Waals surface area contributed by atoms with Crippen LogP contribution in [0.5, 0.6) is 0 Å². The van der Waals surface area contributed by atoms with Crippen LogP contribution in [0.15, 0.2) is 24.3 Å². The molecule has 0 unspecified atom stereocenters. The third-order valence-corrected chi connectivity index (χ3v) is 4.13. The van der Waals surface area contributed by atoms with E-state index in [-0.39, 0.29) is 11.6 Å². The number of nitrogens with zero attached hydrogens (tertiary/aromatic N) is 3. The van der Waals surface area contributed by atoms with E-state index in [1.807, 2.05) is 11.9 Å². The van der Waals surface area contributed by atoms with Crippen LogP contribution in [0.3, 0.4) is 0 Å². The Morgan fingerprint density at radius 2 is 1.92 bits per heavy atom. The van der Waals surface area contributed by atoms with Crippen LogP contribution in [0.2, 0.25) is 10.0 Å². The van der Waals surface area contributed by atoms with Crippen LogP contribution in [-0.4, -0.2) is 29.5 Å². The van der Waals surface area contributed by atoms with E-state index in [1.165, 1.54) is 0 Å². The second kappa shape index (κ2) is 8.31. The molecule has 1 aromatic carbocycles. The monoisotopic (exact) mass is 366 g/mol. The van der Waals surface area contributed by atoms with E-state index in [0.717, 1.165) is 19.4 Å². The smallest absolute Gasteiger partial charge is 0.274 e. The first kappa shape index (κ1) is 18.5. The largest absolute Gasteiger partial charge is 0.360 e. The van der Waals surface area contributed by atoms with Gasteiger partial charge in [0.15, 0.2) is 0 Å². The summed E-state index contributed by atoms with van der Waals surface area (Å²) in [5.74, 6) is 0.873. The highest BCUT2D eigenvalue weighted by atomic mass is 35.5. The van der Waals surface area contributed by atoms with Crippen molar-refractivity contribution in [1.82, 2.24) is 9.97 Å². The standard InChI is InChI=1S/C17H20Cl2N4O/c1-4-5-9-23(3)15-10-14(20-11(2)21-15)17(24)22-16-12(18)7-6-8-13(16)19/h6-8,10H,4-5,9H2,1-3H3,(H,22,24). The number of rotatable bonds is 6. The molecule has 0 aliphatic carbocycles. The predicted molar refractivity (Wildman–Crippen MR) is 99.4 cm³/mol. The van der Waals surface area contributed by atoms with E-state index < -0.39 is 0 Å². The van der Waals surface area contributed by atoms with Crippen LogP contribution in [0.1, 0.15) is 36.1 Å². The van der Waals surface area contributed by atoms with E-state index in [0.29, 0.717) is 27.4 Å². The molecule has 5 nitrogen and oxygen atoms in total. The highest BCUT2D eigenvalue weighted by molar-refractivity contribution is 6.40. The number of anilines is 2. The van der Waals surface area contributed by atoms with Crippen LogP contribution < -0.4 is 10.2 Å². The summed E-state index contributed by atoms with van der Waals surface area (Å²) in [6.07, 6.45) is 2.14. The van der Waals surface area contributed by atoms with Gasteiger partial charge in [-0.05, 0) is 25.5 Å². The lowest BCUT2D eigenvalue weighted by atomic mass is 10.2. The molecule has 128 valence electrons. The van der Waals surface area contributed by atoms with Crippen molar-refractivity contribution in [3.8, 4) is 0 Å². The molecule has 7 heteroatoms. The molecule has 1 amide bonds. The zero-order valence-electron chi connectivity index (χ0n) is 13.9. The first-order chi connectivity index (χ1) is 11.4. The fourth-order valence-electron chi connectivity index (χ4n) is 2.17. The third kappa shape index (κ3) is 4.58. The molecule has 2 rings (SSSR count). The summed E-state index contributed by atoms with van der Waals surface area (Å²) in [5.41, 5.74) is 0.653. The van der Waals surface area contributed by atoms with E-state index in [4.69, 9.17) is 23.2 Å². The van der Waals surface area contributed by atoms with Crippen molar-refractivity contribution in [2.24, 2.45) is 0 Å². The topological polar surface area (TPSA) is 58.1 Å². The average molecular weight is 367 g/mol. The average Bonchev–Trinajstić information content (AvgIpc) is 2.55. The molecule has 0 fully saturated rings. The Hall–Kier alpha value is -1.85. The summed E-state index contributed by atoms with van der Waals surface area (Å²) in [6, 6.07) is 6.72. The lowest BCUT2D eigenvalue weighted by Gasteiger charge is -2.18. The number of aryl methyl sites for hydroxylation is 1. The molecule has 0 saturated carbocycles. The maximum Gasteiger partial charge on any atom is 0.274 e. The van der Waals surface area contributed by atoms with Gasteiger partial charge in [-0.2, -0.15) is 0 Å². The minimum atomic E-state index is -0.374. The number of para-hydroxylation sites is 1. The molecule has 1 aromatic heterocycles. The molecule has 0 aliphatic heterocycles. The summed E-state index contributed by atoms with van der Waals surface area (Å²) >= 11 is 12.2. The van der Waals surface area contributed by atoms with Crippen molar-refractivity contribution >= 4 is 40.6 Å². The van der Waals surface area contributed by atoms with Gasteiger partial charge in [-0.15, -0.1) is 0 Å². The van der Waals surface area contributed by atoms with Gasteiger partial charge >= 0.3 is 0 Å².